The number of carboxylic acid groups (broad SMARTS) is 1. The van der Waals surface area contributed by atoms with Gasteiger partial charge in [-0.25, -0.2) is 4.79 Å². The van der Waals surface area contributed by atoms with Crippen LogP contribution in [0.1, 0.15) is 28.4 Å². The lowest BCUT2D eigenvalue weighted by molar-refractivity contribution is -0.114. The van der Waals surface area contributed by atoms with Crippen LogP contribution in [0.5, 0.6) is 0 Å². The molecule has 15 heavy (non-hydrogen) atoms. The quantitative estimate of drug-likeness (QED) is 0.779. The van der Waals surface area contributed by atoms with Crippen LogP contribution in [0, 0.1) is 13.8 Å². The molecule has 0 heterocycles. The number of aryl methyl sites for hydroxylation is 2. The Morgan fingerprint density at radius 2 is 1.67 bits per heavy atom. The molecule has 0 unspecified atom stereocenters. The van der Waals surface area contributed by atoms with E-state index in [0.717, 1.165) is 11.1 Å². The number of carboxylic acids is 1. The van der Waals surface area contributed by atoms with E-state index in [1.165, 1.54) is 6.92 Å². The van der Waals surface area contributed by atoms with Crippen molar-refractivity contribution in [2.75, 3.05) is 5.32 Å². The summed E-state index contributed by atoms with van der Waals surface area (Å²) in [5, 5.41) is 11.5. The standard InChI is InChI=1S/C11H13NO3/c1-6-4-9(11(14)15)5-7(2)10(6)12-8(3)13/h4-5H,1-3H3,(H,12,13)(H,14,15). The number of carbonyl (C=O) groups excluding carboxylic acids is 1. The summed E-state index contributed by atoms with van der Waals surface area (Å²) in [5.41, 5.74) is 2.43. The minimum Gasteiger partial charge on any atom is -0.478 e. The van der Waals surface area contributed by atoms with Gasteiger partial charge in [-0.3, -0.25) is 4.79 Å². The monoisotopic (exact) mass is 207 g/mol. The van der Waals surface area contributed by atoms with Gasteiger partial charge in [-0.1, -0.05) is 0 Å². The molecule has 0 fully saturated rings. The molecule has 1 aromatic carbocycles. The summed E-state index contributed by atoms with van der Waals surface area (Å²) in [6.45, 7) is 4.96. The Balaban J connectivity index is 3.21. The lowest BCUT2D eigenvalue weighted by atomic mass is 10.0. The van der Waals surface area contributed by atoms with Crippen molar-refractivity contribution in [3.8, 4) is 0 Å². The summed E-state index contributed by atoms with van der Waals surface area (Å²) < 4.78 is 0. The van der Waals surface area contributed by atoms with Crippen LogP contribution < -0.4 is 5.32 Å². The second-order valence-electron chi connectivity index (χ2n) is 3.47. The lowest BCUT2D eigenvalue weighted by Crippen LogP contribution is -2.10. The van der Waals surface area contributed by atoms with E-state index in [1.807, 2.05) is 0 Å². The van der Waals surface area contributed by atoms with E-state index in [9.17, 15) is 9.59 Å². The van der Waals surface area contributed by atoms with E-state index in [4.69, 9.17) is 5.11 Å². The van der Waals surface area contributed by atoms with Crippen LogP contribution in [0.3, 0.4) is 0 Å². The van der Waals surface area contributed by atoms with Gasteiger partial charge < -0.3 is 10.4 Å². The molecule has 2 N–H and O–H groups in total. The van der Waals surface area contributed by atoms with Crippen molar-refractivity contribution >= 4 is 17.6 Å². The first-order chi connectivity index (χ1) is 6.91. The lowest BCUT2D eigenvalue weighted by Gasteiger charge is -2.11. The van der Waals surface area contributed by atoms with Crippen molar-refractivity contribution < 1.29 is 14.7 Å². The zero-order valence-corrected chi connectivity index (χ0v) is 8.92. The number of nitrogens with one attached hydrogen (secondary N) is 1. The number of hydrogen-bond donors (Lipinski definition) is 2. The van der Waals surface area contributed by atoms with Crippen LogP contribution in [-0.2, 0) is 4.79 Å². The molecule has 0 aromatic heterocycles. The summed E-state index contributed by atoms with van der Waals surface area (Å²) in [6, 6.07) is 3.08. The van der Waals surface area contributed by atoms with Crippen molar-refractivity contribution in [1.82, 2.24) is 0 Å². The van der Waals surface area contributed by atoms with Crippen molar-refractivity contribution in [2.45, 2.75) is 20.8 Å². The molecule has 0 spiro atoms. The average molecular weight is 207 g/mol. The van der Waals surface area contributed by atoms with E-state index in [0.29, 0.717) is 5.69 Å². The Morgan fingerprint density at radius 1 is 1.20 bits per heavy atom. The number of hydrogen-bond acceptors (Lipinski definition) is 2. The van der Waals surface area contributed by atoms with Crippen molar-refractivity contribution in [1.29, 1.82) is 0 Å². The summed E-state index contributed by atoms with van der Waals surface area (Å²) in [4.78, 5) is 21.7. The largest absolute Gasteiger partial charge is 0.478 e. The van der Waals surface area contributed by atoms with E-state index in [1.54, 1.807) is 26.0 Å². The molecule has 0 aliphatic rings. The second kappa shape index (κ2) is 4.13. The summed E-state index contributed by atoms with van der Waals surface area (Å²) >= 11 is 0. The molecule has 0 bridgehead atoms. The minimum absolute atomic E-state index is 0.163. The third kappa shape index (κ3) is 2.56. The third-order valence-corrected chi connectivity index (χ3v) is 2.08. The van der Waals surface area contributed by atoms with Crippen LogP contribution >= 0.6 is 0 Å². The maximum atomic E-state index is 10.9. The highest BCUT2D eigenvalue weighted by atomic mass is 16.4. The van der Waals surface area contributed by atoms with Gasteiger partial charge in [0, 0.05) is 12.6 Å². The predicted molar refractivity (Wildman–Crippen MR) is 57.2 cm³/mol. The van der Waals surface area contributed by atoms with Gasteiger partial charge >= 0.3 is 5.97 Å². The molecular formula is C11H13NO3. The summed E-state index contributed by atoms with van der Waals surface area (Å²) in [6.07, 6.45) is 0. The highest BCUT2D eigenvalue weighted by molar-refractivity contribution is 5.93. The molecule has 1 rings (SSSR count). The van der Waals surface area contributed by atoms with Crippen molar-refractivity contribution in [2.24, 2.45) is 0 Å². The molecular weight excluding hydrogens is 194 g/mol. The van der Waals surface area contributed by atoms with E-state index >= 15 is 0 Å². The highest BCUT2D eigenvalue weighted by Crippen LogP contribution is 2.22. The Labute approximate surface area is 87.9 Å². The summed E-state index contributed by atoms with van der Waals surface area (Å²) in [7, 11) is 0. The average Bonchev–Trinajstić information content (AvgIpc) is 2.10. The number of benzene rings is 1. The van der Waals surface area contributed by atoms with Crippen LogP contribution in [0.25, 0.3) is 0 Å². The maximum Gasteiger partial charge on any atom is 0.335 e. The zero-order valence-electron chi connectivity index (χ0n) is 8.92. The fourth-order valence-electron chi connectivity index (χ4n) is 1.46. The molecule has 0 aliphatic carbocycles. The Kier molecular flexibility index (Phi) is 3.09. The molecule has 1 aromatic rings. The van der Waals surface area contributed by atoms with E-state index in [2.05, 4.69) is 5.32 Å². The Morgan fingerprint density at radius 3 is 2.00 bits per heavy atom. The molecule has 0 saturated carbocycles. The first-order valence-electron chi connectivity index (χ1n) is 4.54. The normalized spacial score (nSPS) is 9.80. The third-order valence-electron chi connectivity index (χ3n) is 2.08. The molecule has 1 amide bonds. The van der Waals surface area contributed by atoms with Gasteiger partial charge in [-0.15, -0.1) is 0 Å². The number of aromatic carboxylic acids is 1. The highest BCUT2D eigenvalue weighted by Gasteiger charge is 2.09. The van der Waals surface area contributed by atoms with Gasteiger partial charge in [0.05, 0.1) is 5.56 Å². The number of rotatable bonds is 2. The number of amides is 1. The van der Waals surface area contributed by atoms with Gasteiger partial charge in [-0.05, 0) is 37.1 Å². The van der Waals surface area contributed by atoms with Gasteiger partial charge in [-0.2, -0.15) is 0 Å². The predicted octanol–water partition coefficient (Wildman–Crippen LogP) is 1.96. The molecule has 0 atom stereocenters. The van der Waals surface area contributed by atoms with Gasteiger partial charge in [0.2, 0.25) is 5.91 Å². The zero-order chi connectivity index (χ0) is 11.6. The fourth-order valence-corrected chi connectivity index (χ4v) is 1.46. The van der Waals surface area contributed by atoms with Gasteiger partial charge in [0.25, 0.3) is 0 Å². The molecule has 4 heteroatoms. The molecule has 4 nitrogen and oxygen atoms in total. The molecule has 0 saturated heterocycles. The van der Waals surface area contributed by atoms with Crippen LogP contribution in [0.15, 0.2) is 12.1 Å². The Hall–Kier alpha value is -1.84. The second-order valence-corrected chi connectivity index (χ2v) is 3.47. The van der Waals surface area contributed by atoms with Crippen LogP contribution in [-0.4, -0.2) is 17.0 Å². The molecule has 80 valence electrons. The SMILES string of the molecule is CC(=O)Nc1c(C)cc(C(=O)O)cc1C. The fraction of sp³-hybridized carbons (Fsp3) is 0.273. The van der Waals surface area contributed by atoms with Crippen LogP contribution in [0.2, 0.25) is 0 Å². The smallest absolute Gasteiger partial charge is 0.335 e. The maximum absolute atomic E-state index is 10.9. The minimum atomic E-state index is -0.962. The van der Waals surface area contributed by atoms with Crippen molar-refractivity contribution in [3.05, 3.63) is 28.8 Å². The molecule has 0 aliphatic heterocycles. The van der Waals surface area contributed by atoms with Gasteiger partial charge in [0.15, 0.2) is 0 Å². The van der Waals surface area contributed by atoms with E-state index in [-0.39, 0.29) is 11.5 Å². The number of carbonyl (C=O) groups is 2. The Bertz CT molecular complexity index is 401. The molecule has 0 radical (unpaired) electrons. The topological polar surface area (TPSA) is 66.4 Å². The first kappa shape index (κ1) is 11.2. The summed E-state index contributed by atoms with van der Waals surface area (Å²) in [5.74, 6) is -1.13. The van der Waals surface area contributed by atoms with Crippen LogP contribution in [0.4, 0.5) is 5.69 Å². The van der Waals surface area contributed by atoms with Gasteiger partial charge in [0.1, 0.15) is 0 Å². The number of anilines is 1. The first-order valence-corrected chi connectivity index (χ1v) is 4.54. The van der Waals surface area contributed by atoms with E-state index < -0.39 is 5.97 Å². The van der Waals surface area contributed by atoms with Crippen molar-refractivity contribution in [3.63, 3.8) is 0 Å².